The van der Waals surface area contributed by atoms with Gasteiger partial charge >= 0.3 is 0 Å². The summed E-state index contributed by atoms with van der Waals surface area (Å²) in [6.45, 7) is 0.218. The molecule has 20 heavy (non-hydrogen) atoms. The van der Waals surface area contributed by atoms with Crippen LogP contribution in [0, 0.1) is 11.6 Å². The van der Waals surface area contributed by atoms with Crippen LogP contribution in [0.15, 0.2) is 48.7 Å². The minimum Gasteiger partial charge on any atom is -0.343 e. The van der Waals surface area contributed by atoms with Crippen molar-refractivity contribution in [3.8, 4) is 0 Å². The number of aldehydes is 1. The molecule has 0 amide bonds. The number of hydrogen-bond donors (Lipinski definition) is 0. The summed E-state index contributed by atoms with van der Waals surface area (Å²) in [7, 11) is 0. The van der Waals surface area contributed by atoms with E-state index in [-0.39, 0.29) is 12.1 Å². The second-order valence-electron chi connectivity index (χ2n) is 4.58. The van der Waals surface area contributed by atoms with Crippen LogP contribution in [-0.2, 0) is 6.54 Å². The van der Waals surface area contributed by atoms with Crippen LogP contribution in [0.4, 0.5) is 8.78 Å². The van der Waals surface area contributed by atoms with E-state index < -0.39 is 11.6 Å². The molecule has 1 heterocycles. The van der Waals surface area contributed by atoms with Crippen LogP contribution in [0.5, 0.6) is 0 Å². The molecule has 0 unspecified atom stereocenters. The SMILES string of the molecule is O=Cc1cccc2c1ccn2Cc1cc(F)ccc1F. The third-order valence-electron chi connectivity index (χ3n) is 3.32. The number of rotatable bonds is 3. The Balaban J connectivity index is 2.07. The lowest BCUT2D eigenvalue weighted by Gasteiger charge is -2.07. The summed E-state index contributed by atoms with van der Waals surface area (Å²) in [6, 6.07) is 10.5. The van der Waals surface area contributed by atoms with Crippen molar-refractivity contribution in [2.75, 3.05) is 0 Å². The van der Waals surface area contributed by atoms with Crippen molar-refractivity contribution in [3.63, 3.8) is 0 Å². The molecule has 0 fully saturated rings. The normalized spacial score (nSPS) is 10.9. The summed E-state index contributed by atoms with van der Waals surface area (Å²) in [5.41, 5.74) is 1.68. The maximum atomic E-state index is 13.7. The summed E-state index contributed by atoms with van der Waals surface area (Å²) in [5, 5.41) is 0.805. The van der Waals surface area contributed by atoms with Gasteiger partial charge in [0, 0.05) is 28.2 Å². The van der Waals surface area contributed by atoms with Crippen molar-refractivity contribution in [1.82, 2.24) is 4.57 Å². The van der Waals surface area contributed by atoms with Crippen molar-refractivity contribution < 1.29 is 13.6 Å². The van der Waals surface area contributed by atoms with Gasteiger partial charge < -0.3 is 4.57 Å². The zero-order chi connectivity index (χ0) is 14.1. The van der Waals surface area contributed by atoms with Crippen molar-refractivity contribution in [2.24, 2.45) is 0 Å². The minimum absolute atomic E-state index is 0.218. The highest BCUT2D eigenvalue weighted by Crippen LogP contribution is 2.21. The van der Waals surface area contributed by atoms with Gasteiger partial charge in [-0.15, -0.1) is 0 Å². The highest BCUT2D eigenvalue weighted by molar-refractivity contribution is 5.97. The number of fused-ring (bicyclic) bond motifs is 1. The Kier molecular flexibility index (Phi) is 3.06. The summed E-state index contributed by atoms with van der Waals surface area (Å²) in [4.78, 5) is 11.0. The summed E-state index contributed by atoms with van der Waals surface area (Å²) in [5.74, 6) is -0.911. The summed E-state index contributed by atoms with van der Waals surface area (Å²) < 4.78 is 28.6. The van der Waals surface area contributed by atoms with Crippen LogP contribution in [0.1, 0.15) is 15.9 Å². The predicted molar refractivity (Wildman–Crippen MR) is 72.8 cm³/mol. The Morgan fingerprint density at radius 1 is 1.10 bits per heavy atom. The number of carbonyl (C=O) groups excluding carboxylic acids is 1. The average Bonchev–Trinajstić information content (AvgIpc) is 2.86. The second kappa shape index (κ2) is 4.89. The van der Waals surface area contributed by atoms with Crippen LogP contribution < -0.4 is 0 Å². The molecule has 0 atom stereocenters. The van der Waals surface area contributed by atoms with Gasteiger partial charge in [-0.2, -0.15) is 0 Å². The molecule has 2 nitrogen and oxygen atoms in total. The largest absolute Gasteiger partial charge is 0.343 e. The quantitative estimate of drug-likeness (QED) is 0.664. The lowest BCUT2D eigenvalue weighted by molar-refractivity contribution is 0.112. The van der Waals surface area contributed by atoms with E-state index in [9.17, 15) is 13.6 Å². The van der Waals surface area contributed by atoms with Crippen LogP contribution in [0.25, 0.3) is 10.9 Å². The first-order chi connectivity index (χ1) is 9.69. The van der Waals surface area contributed by atoms with Gasteiger partial charge in [0.25, 0.3) is 0 Å². The topological polar surface area (TPSA) is 22.0 Å². The molecule has 1 aromatic heterocycles. The Morgan fingerprint density at radius 2 is 1.95 bits per heavy atom. The molecule has 0 aliphatic heterocycles. The highest BCUT2D eigenvalue weighted by Gasteiger charge is 2.08. The van der Waals surface area contributed by atoms with Crippen LogP contribution >= 0.6 is 0 Å². The molecule has 3 aromatic rings. The molecule has 100 valence electrons. The molecule has 0 saturated heterocycles. The van der Waals surface area contributed by atoms with E-state index >= 15 is 0 Å². The van der Waals surface area contributed by atoms with Crippen molar-refractivity contribution in [2.45, 2.75) is 6.54 Å². The van der Waals surface area contributed by atoms with Crippen molar-refractivity contribution >= 4 is 17.2 Å². The molecule has 0 N–H and O–H groups in total. The molecular weight excluding hydrogens is 260 g/mol. The Labute approximate surface area is 114 Å². The number of carbonyl (C=O) groups is 1. The fourth-order valence-electron chi connectivity index (χ4n) is 2.34. The standard InChI is InChI=1S/C16H11F2NO/c17-13-4-5-15(18)12(8-13)9-19-7-6-14-11(10-20)2-1-3-16(14)19/h1-8,10H,9H2. The molecule has 0 saturated carbocycles. The van der Waals surface area contributed by atoms with Gasteiger partial charge in [-0.05, 0) is 30.3 Å². The van der Waals surface area contributed by atoms with E-state index in [0.29, 0.717) is 5.56 Å². The Morgan fingerprint density at radius 3 is 2.75 bits per heavy atom. The Hall–Kier alpha value is -2.49. The number of nitrogens with zero attached hydrogens (tertiary/aromatic N) is 1. The van der Waals surface area contributed by atoms with Crippen molar-refractivity contribution in [3.05, 3.63) is 71.4 Å². The average molecular weight is 271 g/mol. The molecule has 0 radical (unpaired) electrons. The molecule has 0 aliphatic carbocycles. The molecule has 3 rings (SSSR count). The van der Waals surface area contributed by atoms with Crippen LogP contribution in [0.3, 0.4) is 0 Å². The van der Waals surface area contributed by atoms with Crippen molar-refractivity contribution in [1.29, 1.82) is 0 Å². The smallest absolute Gasteiger partial charge is 0.150 e. The lowest BCUT2D eigenvalue weighted by Crippen LogP contribution is -2.01. The first-order valence-electron chi connectivity index (χ1n) is 6.16. The number of aromatic nitrogens is 1. The number of halogens is 2. The zero-order valence-electron chi connectivity index (χ0n) is 10.5. The zero-order valence-corrected chi connectivity index (χ0v) is 10.5. The first kappa shape index (κ1) is 12.5. The third kappa shape index (κ3) is 2.09. The van der Waals surface area contributed by atoms with E-state index in [1.54, 1.807) is 29.0 Å². The molecule has 0 aliphatic rings. The summed E-state index contributed by atoms with van der Waals surface area (Å²) in [6.07, 6.45) is 2.55. The molecular formula is C16H11F2NO. The van der Waals surface area contributed by atoms with Gasteiger partial charge in [0.15, 0.2) is 6.29 Å². The number of benzene rings is 2. The molecule has 4 heteroatoms. The predicted octanol–water partition coefficient (Wildman–Crippen LogP) is 3.78. The lowest BCUT2D eigenvalue weighted by atomic mass is 10.1. The molecule has 0 spiro atoms. The van der Waals surface area contributed by atoms with E-state index in [0.717, 1.165) is 29.3 Å². The maximum absolute atomic E-state index is 13.7. The van der Waals surface area contributed by atoms with E-state index in [4.69, 9.17) is 0 Å². The van der Waals surface area contributed by atoms with Gasteiger partial charge in [-0.3, -0.25) is 4.79 Å². The van der Waals surface area contributed by atoms with Crippen LogP contribution in [-0.4, -0.2) is 10.9 Å². The first-order valence-corrected chi connectivity index (χ1v) is 6.16. The van der Waals surface area contributed by atoms with E-state index in [1.807, 2.05) is 6.07 Å². The fraction of sp³-hybridized carbons (Fsp3) is 0.0625. The minimum atomic E-state index is -0.466. The third-order valence-corrected chi connectivity index (χ3v) is 3.32. The monoisotopic (exact) mass is 271 g/mol. The van der Waals surface area contributed by atoms with Gasteiger partial charge in [0.1, 0.15) is 11.6 Å². The summed E-state index contributed by atoms with van der Waals surface area (Å²) >= 11 is 0. The van der Waals surface area contributed by atoms with Gasteiger partial charge in [-0.1, -0.05) is 12.1 Å². The van der Waals surface area contributed by atoms with Gasteiger partial charge in [-0.25, -0.2) is 8.78 Å². The van der Waals surface area contributed by atoms with Gasteiger partial charge in [0.2, 0.25) is 0 Å². The number of hydrogen-bond acceptors (Lipinski definition) is 1. The molecule has 2 aromatic carbocycles. The van der Waals surface area contributed by atoms with Gasteiger partial charge in [0.05, 0.1) is 6.54 Å². The maximum Gasteiger partial charge on any atom is 0.150 e. The molecule has 0 bridgehead atoms. The van der Waals surface area contributed by atoms with E-state index in [2.05, 4.69) is 0 Å². The fourth-order valence-corrected chi connectivity index (χ4v) is 2.34. The highest BCUT2D eigenvalue weighted by atomic mass is 19.1. The second-order valence-corrected chi connectivity index (χ2v) is 4.58. The van der Waals surface area contributed by atoms with Crippen LogP contribution in [0.2, 0.25) is 0 Å². The Bertz CT molecular complexity index is 792. The van der Waals surface area contributed by atoms with E-state index in [1.165, 1.54) is 6.07 Å².